The predicted molar refractivity (Wildman–Crippen MR) is 102 cm³/mol. The van der Waals surface area contributed by atoms with Crippen molar-refractivity contribution < 1.29 is 13.2 Å². The van der Waals surface area contributed by atoms with E-state index >= 15 is 0 Å². The van der Waals surface area contributed by atoms with Crippen molar-refractivity contribution in [1.82, 2.24) is 9.29 Å². The van der Waals surface area contributed by atoms with E-state index in [1.165, 1.54) is 0 Å². The third-order valence-electron chi connectivity index (χ3n) is 4.90. The van der Waals surface area contributed by atoms with Gasteiger partial charge in [-0.05, 0) is 50.3 Å². The first-order valence-corrected chi connectivity index (χ1v) is 10.6. The Labute approximate surface area is 155 Å². The molecule has 0 radical (unpaired) electrons. The number of H-pyrrole nitrogens is 1. The average Bonchev–Trinajstić information content (AvgIpc) is 2.97. The lowest BCUT2D eigenvalue weighted by Crippen LogP contribution is -2.41. The highest BCUT2D eigenvalue weighted by Crippen LogP contribution is 2.36. The van der Waals surface area contributed by atoms with Gasteiger partial charge in [-0.3, -0.25) is 4.79 Å². The van der Waals surface area contributed by atoms with Crippen LogP contribution < -0.4 is 5.73 Å². The molecule has 1 aliphatic heterocycles. The minimum Gasteiger partial charge on any atom is -0.366 e. The van der Waals surface area contributed by atoms with Crippen molar-refractivity contribution >= 4 is 42.8 Å². The monoisotopic (exact) mass is 427 g/mol. The van der Waals surface area contributed by atoms with Crippen molar-refractivity contribution in [2.24, 2.45) is 5.73 Å². The van der Waals surface area contributed by atoms with Crippen molar-refractivity contribution in [2.45, 2.75) is 37.9 Å². The van der Waals surface area contributed by atoms with Crippen LogP contribution in [0.2, 0.25) is 0 Å². The van der Waals surface area contributed by atoms with E-state index < -0.39 is 21.2 Å². The Morgan fingerprint density at radius 2 is 1.96 bits per heavy atom. The number of primary amides is 1. The van der Waals surface area contributed by atoms with Gasteiger partial charge in [-0.15, -0.1) is 0 Å². The summed E-state index contributed by atoms with van der Waals surface area (Å²) in [6.07, 6.45) is 3.44. The number of hydrogen-bond donors (Lipinski definition) is 2. The van der Waals surface area contributed by atoms with Crippen LogP contribution >= 0.6 is 15.9 Å². The van der Waals surface area contributed by atoms with Crippen molar-refractivity contribution in [2.75, 3.05) is 13.1 Å². The molecule has 1 aliphatic rings. The van der Waals surface area contributed by atoms with E-state index in [2.05, 4.69) is 20.9 Å². The average molecular weight is 428 g/mol. The molecule has 2 aromatic rings. The second-order valence-electron chi connectivity index (χ2n) is 6.75. The standard InChI is InChI=1S/C17H22BrN3O3S/c1-10(2)25(23,24)21-5-3-11(4-6-21)15-9-20-16-13(15)7-12(18)8-14(16)17(19)22/h7-11,20H,3-6H2,1-2H3,(H2,19,22). The maximum absolute atomic E-state index is 12.3. The molecule has 0 aliphatic carbocycles. The number of nitrogens with two attached hydrogens (primary N) is 1. The number of rotatable bonds is 4. The van der Waals surface area contributed by atoms with Gasteiger partial charge in [0, 0.05) is 29.1 Å². The summed E-state index contributed by atoms with van der Waals surface area (Å²) in [5.41, 5.74) is 7.78. The van der Waals surface area contributed by atoms with Crippen LogP contribution in [0.3, 0.4) is 0 Å². The Bertz CT molecular complexity index is 913. The number of sulfonamides is 1. The normalized spacial score (nSPS) is 17.4. The molecule has 1 amide bonds. The van der Waals surface area contributed by atoms with E-state index in [1.54, 1.807) is 24.2 Å². The molecule has 0 spiro atoms. The number of halogens is 1. The van der Waals surface area contributed by atoms with Crippen molar-refractivity contribution in [3.8, 4) is 0 Å². The van der Waals surface area contributed by atoms with Gasteiger partial charge < -0.3 is 10.7 Å². The predicted octanol–water partition coefficient (Wildman–Crippen LogP) is 2.95. The lowest BCUT2D eigenvalue weighted by atomic mass is 9.89. The Morgan fingerprint density at radius 3 is 2.52 bits per heavy atom. The van der Waals surface area contributed by atoms with Gasteiger partial charge in [-0.25, -0.2) is 12.7 Å². The molecule has 1 aromatic carbocycles. The fourth-order valence-corrected chi connectivity index (χ4v) is 5.24. The Hall–Kier alpha value is -1.38. The first-order chi connectivity index (χ1) is 11.7. The summed E-state index contributed by atoms with van der Waals surface area (Å²) in [6.45, 7) is 4.47. The SMILES string of the molecule is CC(C)S(=O)(=O)N1CCC(c2c[nH]c3c(C(N)=O)cc(Br)cc23)CC1. The van der Waals surface area contributed by atoms with E-state index in [1.807, 2.05) is 12.3 Å². The molecule has 0 atom stereocenters. The Kier molecular flexibility index (Phi) is 4.96. The van der Waals surface area contributed by atoms with Crippen LogP contribution in [0.5, 0.6) is 0 Å². The number of nitrogens with zero attached hydrogens (tertiary/aromatic N) is 1. The zero-order chi connectivity index (χ0) is 18.4. The second-order valence-corrected chi connectivity index (χ2v) is 10.2. The van der Waals surface area contributed by atoms with E-state index in [9.17, 15) is 13.2 Å². The molecule has 6 nitrogen and oxygen atoms in total. The van der Waals surface area contributed by atoms with Crippen LogP contribution in [-0.2, 0) is 10.0 Å². The molecule has 136 valence electrons. The lowest BCUT2D eigenvalue weighted by molar-refractivity contribution is 0.100. The number of fused-ring (bicyclic) bond motifs is 1. The highest BCUT2D eigenvalue weighted by molar-refractivity contribution is 9.10. The van der Waals surface area contributed by atoms with E-state index in [-0.39, 0.29) is 5.92 Å². The van der Waals surface area contributed by atoms with Gasteiger partial charge in [-0.2, -0.15) is 0 Å². The van der Waals surface area contributed by atoms with E-state index in [0.717, 1.165) is 33.8 Å². The summed E-state index contributed by atoms with van der Waals surface area (Å²) < 4.78 is 27.0. The van der Waals surface area contributed by atoms with Crippen molar-refractivity contribution in [3.63, 3.8) is 0 Å². The molecule has 8 heteroatoms. The fraction of sp³-hybridized carbons (Fsp3) is 0.471. The number of aromatic amines is 1. The lowest BCUT2D eigenvalue weighted by Gasteiger charge is -2.32. The summed E-state index contributed by atoms with van der Waals surface area (Å²) in [5.74, 6) is -0.222. The molecule has 1 fully saturated rings. The molecule has 0 unspecified atom stereocenters. The zero-order valence-corrected chi connectivity index (χ0v) is 16.7. The molecule has 25 heavy (non-hydrogen) atoms. The molecule has 2 heterocycles. The van der Waals surface area contributed by atoms with Crippen LogP contribution in [-0.4, -0.2) is 42.0 Å². The number of piperidine rings is 1. The topological polar surface area (TPSA) is 96.3 Å². The molecule has 0 saturated carbocycles. The third kappa shape index (κ3) is 3.35. The number of aromatic nitrogens is 1. The number of hydrogen-bond acceptors (Lipinski definition) is 3. The molecular weight excluding hydrogens is 406 g/mol. The number of carbonyl (C=O) groups excluding carboxylic acids is 1. The summed E-state index contributed by atoms with van der Waals surface area (Å²) >= 11 is 3.44. The largest absolute Gasteiger partial charge is 0.366 e. The minimum absolute atomic E-state index is 0.252. The zero-order valence-electron chi connectivity index (χ0n) is 14.3. The van der Waals surface area contributed by atoms with Gasteiger partial charge in [0.1, 0.15) is 0 Å². The van der Waals surface area contributed by atoms with Crippen LogP contribution in [0.4, 0.5) is 0 Å². The van der Waals surface area contributed by atoms with E-state index in [0.29, 0.717) is 18.7 Å². The summed E-state index contributed by atoms with van der Waals surface area (Å²) in [7, 11) is -3.20. The first-order valence-electron chi connectivity index (χ1n) is 8.31. The molecule has 1 saturated heterocycles. The van der Waals surface area contributed by atoms with Gasteiger partial charge in [-0.1, -0.05) is 15.9 Å². The first kappa shape index (κ1) is 18.4. The highest BCUT2D eigenvalue weighted by Gasteiger charge is 2.31. The third-order valence-corrected chi connectivity index (χ3v) is 7.64. The quantitative estimate of drug-likeness (QED) is 0.784. The van der Waals surface area contributed by atoms with Crippen LogP contribution in [0, 0.1) is 0 Å². The molecular formula is C17H22BrN3O3S. The smallest absolute Gasteiger partial charge is 0.250 e. The molecule has 3 N–H and O–H groups in total. The summed E-state index contributed by atoms with van der Waals surface area (Å²) in [5, 5.41) is 0.569. The number of benzene rings is 1. The Morgan fingerprint density at radius 1 is 1.32 bits per heavy atom. The van der Waals surface area contributed by atoms with Crippen LogP contribution in [0.25, 0.3) is 10.9 Å². The van der Waals surface area contributed by atoms with Gasteiger partial charge in [0.15, 0.2) is 0 Å². The van der Waals surface area contributed by atoms with Gasteiger partial charge >= 0.3 is 0 Å². The summed E-state index contributed by atoms with van der Waals surface area (Å²) in [4.78, 5) is 14.8. The Balaban J connectivity index is 1.89. The summed E-state index contributed by atoms with van der Waals surface area (Å²) in [6, 6.07) is 3.69. The van der Waals surface area contributed by atoms with Crippen LogP contribution in [0.1, 0.15) is 48.5 Å². The minimum atomic E-state index is -3.20. The van der Waals surface area contributed by atoms with Gasteiger partial charge in [0.2, 0.25) is 10.0 Å². The van der Waals surface area contributed by atoms with Crippen LogP contribution in [0.15, 0.2) is 22.8 Å². The fourth-order valence-electron chi connectivity index (χ4n) is 3.47. The number of amides is 1. The van der Waals surface area contributed by atoms with Crippen molar-refractivity contribution in [1.29, 1.82) is 0 Å². The maximum Gasteiger partial charge on any atom is 0.250 e. The van der Waals surface area contributed by atoms with Crippen molar-refractivity contribution in [3.05, 3.63) is 33.9 Å². The van der Waals surface area contributed by atoms with Gasteiger partial charge in [0.05, 0.1) is 16.3 Å². The highest BCUT2D eigenvalue weighted by atomic mass is 79.9. The number of nitrogens with one attached hydrogen (secondary N) is 1. The molecule has 0 bridgehead atoms. The molecule has 1 aromatic heterocycles. The van der Waals surface area contributed by atoms with Gasteiger partial charge in [0.25, 0.3) is 5.91 Å². The van der Waals surface area contributed by atoms with E-state index in [4.69, 9.17) is 5.73 Å². The molecule has 3 rings (SSSR count). The number of carbonyl (C=O) groups is 1. The maximum atomic E-state index is 12.3. The second kappa shape index (κ2) is 6.74.